The second-order valence-electron chi connectivity index (χ2n) is 7.09. The van der Waals surface area contributed by atoms with E-state index in [1.165, 1.54) is 23.5 Å². The highest BCUT2D eigenvalue weighted by molar-refractivity contribution is 7.17. The van der Waals surface area contributed by atoms with Crippen molar-refractivity contribution in [3.63, 3.8) is 0 Å². The van der Waals surface area contributed by atoms with Crippen LogP contribution in [0.15, 0.2) is 66.9 Å². The molecule has 2 aromatic heterocycles. The maximum atomic E-state index is 13.1. The van der Waals surface area contributed by atoms with Crippen LogP contribution in [0.25, 0.3) is 10.7 Å². The molecular weight excluding hydrogens is 415 g/mol. The fraction of sp³-hybridized carbons (Fsp3) is 0.174. The number of halogens is 1. The third kappa shape index (κ3) is 5.04. The predicted octanol–water partition coefficient (Wildman–Crippen LogP) is 4.12. The van der Waals surface area contributed by atoms with Gasteiger partial charge >= 0.3 is 0 Å². The molecular formula is C23H21FN4O2S. The van der Waals surface area contributed by atoms with Crippen LogP contribution < -0.4 is 5.32 Å². The van der Waals surface area contributed by atoms with Gasteiger partial charge in [-0.1, -0.05) is 42.5 Å². The first-order valence-corrected chi connectivity index (χ1v) is 10.6. The summed E-state index contributed by atoms with van der Waals surface area (Å²) in [5.41, 5.74) is 2.91. The molecule has 4 aromatic rings. The summed E-state index contributed by atoms with van der Waals surface area (Å²) in [7, 11) is 0. The first-order chi connectivity index (χ1) is 15.0. The van der Waals surface area contributed by atoms with Gasteiger partial charge in [-0.3, -0.25) is 9.48 Å². The topological polar surface area (TPSA) is 80.0 Å². The van der Waals surface area contributed by atoms with E-state index in [-0.39, 0.29) is 18.3 Å². The molecule has 158 valence electrons. The fourth-order valence-electron chi connectivity index (χ4n) is 3.12. The Hall–Kier alpha value is -3.36. The number of thiazole rings is 1. The Morgan fingerprint density at radius 1 is 1.16 bits per heavy atom. The Morgan fingerprint density at radius 3 is 2.65 bits per heavy atom. The molecule has 2 heterocycles. The van der Waals surface area contributed by atoms with E-state index in [0.717, 1.165) is 5.56 Å². The summed E-state index contributed by atoms with van der Waals surface area (Å²) in [6.07, 6.45) is 0.930. The highest BCUT2D eigenvalue weighted by Gasteiger charge is 2.18. The normalized spacial score (nSPS) is 12.0. The van der Waals surface area contributed by atoms with Crippen molar-refractivity contribution in [1.82, 2.24) is 20.1 Å². The summed E-state index contributed by atoms with van der Waals surface area (Å²) in [6.45, 7) is 2.47. The van der Waals surface area contributed by atoms with Crippen molar-refractivity contribution in [2.24, 2.45) is 0 Å². The zero-order valence-corrected chi connectivity index (χ0v) is 17.6. The lowest BCUT2D eigenvalue weighted by atomic mass is 10.1. The number of benzene rings is 2. The number of carbonyl (C=O) groups excluding carboxylic acids is 1. The quantitative estimate of drug-likeness (QED) is 0.457. The Morgan fingerprint density at radius 2 is 1.90 bits per heavy atom. The average molecular weight is 437 g/mol. The van der Waals surface area contributed by atoms with Gasteiger partial charge in [0, 0.05) is 12.7 Å². The van der Waals surface area contributed by atoms with Gasteiger partial charge in [0.2, 0.25) is 0 Å². The number of amides is 1. The molecule has 4 rings (SSSR count). The molecule has 31 heavy (non-hydrogen) atoms. The third-order valence-electron chi connectivity index (χ3n) is 4.77. The van der Waals surface area contributed by atoms with Gasteiger partial charge in [-0.25, -0.2) is 9.37 Å². The van der Waals surface area contributed by atoms with Gasteiger partial charge in [-0.2, -0.15) is 5.10 Å². The van der Waals surface area contributed by atoms with Gasteiger partial charge in [0.05, 0.1) is 18.3 Å². The third-order valence-corrected chi connectivity index (χ3v) is 5.95. The maximum absolute atomic E-state index is 13.1. The second-order valence-corrected chi connectivity index (χ2v) is 8.09. The van der Waals surface area contributed by atoms with Crippen molar-refractivity contribution in [3.05, 3.63) is 94.4 Å². The van der Waals surface area contributed by atoms with Gasteiger partial charge in [0.25, 0.3) is 5.91 Å². The van der Waals surface area contributed by atoms with E-state index in [2.05, 4.69) is 15.4 Å². The van der Waals surface area contributed by atoms with Crippen molar-refractivity contribution in [2.45, 2.75) is 26.1 Å². The number of hydrogen-bond acceptors (Lipinski definition) is 5. The van der Waals surface area contributed by atoms with Crippen LogP contribution in [0, 0.1) is 12.7 Å². The summed E-state index contributed by atoms with van der Waals surface area (Å²) in [4.78, 5) is 17.6. The summed E-state index contributed by atoms with van der Waals surface area (Å²) >= 11 is 1.28. The van der Waals surface area contributed by atoms with Crippen LogP contribution in [0.1, 0.15) is 32.6 Å². The number of nitrogens with one attached hydrogen (secondary N) is 1. The SMILES string of the molecule is Cc1nc(-c2ccn(C[C@H](O)c3ccc(F)cc3)n2)sc1C(=O)NCc1ccccc1. The zero-order chi connectivity index (χ0) is 21.8. The Labute approximate surface area is 183 Å². The van der Waals surface area contributed by atoms with Gasteiger partial charge < -0.3 is 10.4 Å². The van der Waals surface area contributed by atoms with E-state index < -0.39 is 6.10 Å². The molecule has 6 nitrogen and oxygen atoms in total. The molecule has 0 fully saturated rings. The van der Waals surface area contributed by atoms with Crippen molar-refractivity contribution < 1.29 is 14.3 Å². The molecule has 8 heteroatoms. The minimum Gasteiger partial charge on any atom is -0.386 e. The van der Waals surface area contributed by atoms with Crippen LogP contribution in [0.5, 0.6) is 0 Å². The molecule has 0 radical (unpaired) electrons. The predicted molar refractivity (Wildman–Crippen MR) is 117 cm³/mol. The smallest absolute Gasteiger partial charge is 0.263 e. The highest BCUT2D eigenvalue weighted by atomic mass is 32.1. The Kier molecular flexibility index (Phi) is 6.20. The molecule has 0 aliphatic carbocycles. The van der Waals surface area contributed by atoms with Crippen LogP contribution in [0.4, 0.5) is 4.39 Å². The number of rotatable bonds is 7. The number of carbonyl (C=O) groups is 1. The number of aromatic nitrogens is 3. The molecule has 0 aliphatic heterocycles. The minimum absolute atomic E-state index is 0.170. The number of nitrogens with zero attached hydrogens (tertiary/aromatic N) is 3. The van der Waals surface area contributed by atoms with Crippen molar-refractivity contribution in [2.75, 3.05) is 0 Å². The first kappa shape index (κ1) is 20.9. The molecule has 0 saturated carbocycles. The Bertz CT molecular complexity index is 1170. The van der Waals surface area contributed by atoms with Gasteiger partial charge in [-0.15, -0.1) is 11.3 Å². The van der Waals surface area contributed by atoms with Crippen LogP contribution in [0.3, 0.4) is 0 Å². The lowest BCUT2D eigenvalue weighted by molar-refractivity contribution is 0.0954. The summed E-state index contributed by atoms with van der Waals surface area (Å²) in [6, 6.07) is 17.2. The van der Waals surface area contributed by atoms with Gasteiger partial charge in [0.1, 0.15) is 21.4 Å². The highest BCUT2D eigenvalue weighted by Crippen LogP contribution is 2.27. The molecule has 2 aromatic carbocycles. The molecule has 0 saturated heterocycles. The van der Waals surface area contributed by atoms with Crippen LogP contribution >= 0.6 is 11.3 Å². The summed E-state index contributed by atoms with van der Waals surface area (Å²) in [5.74, 6) is -0.517. The molecule has 1 amide bonds. The average Bonchev–Trinajstić information content (AvgIpc) is 3.39. The number of aliphatic hydroxyl groups is 1. The Balaban J connectivity index is 1.43. The largest absolute Gasteiger partial charge is 0.386 e. The van der Waals surface area contributed by atoms with Gasteiger partial charge in [0.15, 0.2) is 0 Å². The van der Waals surface area contributed by atoms with E-state index in [4.69, 9.17) is 0 Å². The van der Waals surface area contributed by atoms with E-state index in [9.17, 15) is 14.3 Å². The zero-order valence-electron chi connectivity index (χ0n) is 16.8. The molecule has 1 atom stereocenters. The molecule has 0 aliphatic rings. The first-order valence-electron chi connectivity index (χ1n) is 9.76. The monoisotopic (exact) mass is 436 g/mol. The lowest BCUT2D eigenvalue weighted by Crippen LogP contribution is -2.22. The van der Waals surface area contributed by atoms with Crippen molar-refractivity contribution >= 4 is 17.2 Å². The van der Waals surface area contributed by atoms with Crippen molar-refractivity contribution in [3.8, 4) is 10.7 Å². The lowest BCUT2D eigenvalue weighted by Gasteiger charge is -2.10. The van der Waals surface area contributed by atoms with E-state index in [1.54, 1.807) is 36.0 Å². The standard InChI is InChI=1S/C23H21FN4O2S/c1-15-21(22(30)25-13-16-5-3-2-4-6-16)31-23(26-15)19-11-12-28(27-19)14-20(29)17-7-9-18(24)10-8-17/h2-12,20,29H,13-14H2,1H3,(H,25,30)/t20-/m0/s1. The fourth-order valence-corrected chi connectivity index (χ4v) is 4.07. The second kappa shape index (κ2) is 9.20. The van der Waals surface area contributed by atoms with Crippen molar-refractivity contribution in [1.29, 1.82) is 0 Å². The number of hydrogen-bond donors (Lipinski definition) is 2. The summed E-state index contributed by atoms with van der Waals surface area (Å²) < 4.78 is 14.7. The van der Waals surface area contributed by atoms with E-state index in [1.807, 2.05) is 30.3 Å². The molecule has 0 unspecified atom stereocenters. The number of aryl methyl sites for hydroxylation is 1. The number of aliphatic hydroxyl groups excluding tert-OH is 1. The van der Waals surface area contributed by atoms with Crippen LogP contribution in [-0.2, 0) is 13.1 Å². The maximum Gasteiger partial charge on any atom is 0.263 e. The van der Waals surface area contributed by atoms with E-state index >= 15 is 0 Å². The van der Waals surface area contributed by atoms with Gasteiger partial charge in [-0.05, 0) is 36.2 Å². The summed E-state index contributed by atoms with van der Waals surface area (Å²) in [5, 5.41) is 18.4. The minimum atomic E-state index is -0.814. The molecule has 0 spiro atoms. The van der Waals surface area contributed by atoms with Crippen LogP contribution in [-0.4, -0.2) is 25.8 Å². The van der Waals surface area contributed by atoms with E-state index in [0.29, 0.717) is 33.4 Å². The van der Waals surface area contributed by atoms with Crippen LogP contribution in [0.2, 0.25) is 0 Å². The molecule has 2 N–H and O–H groups in total. The molecule has 0 bridgehead atoms.